The molecule has 88 valence electrons. The first kappa shape index (κ1) is 11.6. The summed E-state index contributed by atoms with van der Waals surface area (Å²) in [6.07, 6.45) is 5.25. The molecule has 1 N–H and O–H groups in total. The predicted molar refractivity (Wildman–Crippen MR) is 66.8 cm³/mol. The predicted octanol–water partition coefficient (Wildman–Crippen LogP) is 3.43. The van der Waals surface area contributed by atoms with Crippen molar-refractivity contribution in [3.05, 3.63) is 17.0 Å². The van der Waals surface area contributed by atoms with Crippen LogP contribution in [-0.4, -0.2) is 16.5 Å². The molecule has 1 aromatic rings. The van der Waals surface area contributed by atoms with Gasteiger partial charge < -0.3 is 5.32 Å². The Morgan fingerprint density at radius 1 is 1.44 bits per heavy atom. The number of hydrogen-bond donors (Lipinski definition) is 1. The number of anilines is 1. The van der Waals surface area contributed by atoms with E-state index in [9.17, 15) is 0 Å². The van der Waals surface area contributed by atoms with Crippen LogP contribution in [0.15, 0.2) is 6.07 Å². The van der Waals surface area contributed by atoms with Gasteiger partial charge in [-0.15, -0.1) is 0 Å². The topological polar surface area (TPSA) is 37.8 Å². The van der Waals surface area contributed by atoms with Crippen LogP contribution in [0.3, 0.4) is 0 Å². The lowest BCUT2D eigenvalue weighted by molar-refractivity contribution is 0.145. The number of halogens is 1. The standard InChI is InChI=1S/C12H18ClN3/c1-3-12(5-4-6-12)8-14-11-7-10(13)15-9(2)16-11/h7H,3-6,8H2,1-2H3,(H,14,15,16). The molecule has 1 fully saturated rings. The van der Waals surface area contributed by atoms with Crippen molar-refractivity contribution in [1.29, 1.82) is 0 Å². The van der Waals surface area contributed by atoms with E-state index < -0.39 is 0 Å². The fourth-order valence-corrected chi connectivity index (χ4v) is 2.46. The van der Waals surface area contributed by atoms with Crippen LogP contribution in [0.5, 0.6) is 0 Å². The van der Waals surface area contributed by atoms with Gasteiger partial charge in [-0.05, 0) is 31.6 Å². The largest absolute Gasteiger partial charge is 0.369 e. The summed E-state index contributed by atoms with van der Waals surface area (Å²) in [6.45, 7) is 5.12. The Morgan fingerprint density at radius 2 is 2.19 bits per heavy atom. The van der Waals surface area contributed by atoms with Crippen molar-refractivity contribution in [3.63, 3.8) is 0 Å². The zero-order valence-corrected chi connectivity index (χ0v) is 10.6. The number of hydrogen-bond acceptors (Lipinski definition) is 3. The monoisotopic (exact) mass is 239 g/mol. The van der Waals surface area contributed by atoms with E-state index in [2.05, 4.69) is 22.2 Å². The van der Waals surface area contributed by atoms with Crippen LogP contribution in [-0.2, 0) is 0 Å². The SMILES string of the molecule is CCC1(CNc2cc(Cl)nc(C)n2)CCC1. The number of aromatic nitrogens is 2. The molecule has 3 nitrogen and oxygen atoms in total. The highest BCUT2D eigenvalue weighted by molar-refractivity contribution is 6.29. The average Bonchev–Trinajstić information content (AvgIpc) is 2.15. The lowest BCUT2D eigenvalue weighted by Crippen LogP contribution is -2.36. The van der Waals surface area contributed by atoms with E-state index in [1.54, 1.807) is 6.07 Å². The maximum atomic E-state index is 5.89. The van der Waals surface area contributed by atoms with Gasteiger partial charge in [-0.25, -0.2) is 9.97 Å². The molecule has 0 atom stereocenters. The zero-order valence-electron chi connectivity index (χ0n) is 9.89. The van der Waals surface area contributed by atoms with Gasteiger partial charge in [0.05, 0.1) is 0 Å². The van der Waals surface area contributed by atoms with Crippen molar-refractivity contribution < 1.29 is 0 Å². The van der Waals surface area contributed by atoms with E-state index in [4.69, 9.17) is 11.6 Å². The van der Waals surface area contributed by atoms with Crippen molar-refractivity contribution >= 4 is 17.4 Å². The van der Waals surface area contributed by atoms with Crippen LogP contribution < -0.4 is 5.32 Å². The summed E-state index contributed by atoms with van der Waals surface area (Å²) in [5, 5.41) is 3.89. The van der Waals surface area contributed by atoms with Crippen LogP contribution in [0.4, 0.5) is 5.82 Å². The maximum absolute atomic E-state index is 5.89. The molecule has 0 radical (unpaired) electrons. The van der Waals surface area contributed by atoms with Crippen LogP contribution in [0, 0.1) is 12.3 Å². The molecule has 1 heterocycles. The first-order chi connectivity index (χ1) is 7.63. The van der Waals surface area contributed by atoms with E-state index in [1.807, 2.05) is 6.92 Å². The van der Waals surface area contributed by atoms with Crippen molar-refractivity contribution in [2.45, 2.75) is 39.5 Å². The minimum Gasteiger partial charge on any atom is -0.369 e. The summed E-state index contributed by atoms with van der Waals surface area (Å²) in [5.74, 6) is 1.56. The van der Waals surface area contributed by atoms with E-state index >= 15 is 0 Å². The second-order valence-corrected chi connectivity index (χ2v) is 5.07. The second-order valence-electron chi connectivity index (χ2n) is 4.68. The molecule has 0 aromatic carbocycles. The van der Waals surface area contributed by atoms with Gasteiger partial charge in [-0.2, -0.15) is 0 Å². The first-order valence-corrected chi connectivity index (χ1v) is 6.26. The molecule has 0 amide bonds. The number of nitrogens with zero attached hydrogens (tertiary/aromatic N) is 2. The van der Waals surface area contributed by atoms with Crippen LogP contribution in [0.1, 0.15) is 38.4 Å². The summed E-state index contributed by atoms with van der Waals surface area (Å²) in [5.41, 5.74) is 0.491. The Labute approximate surface area is 102 Å². The zero-order chi connectivity index (χ0) is 11.6. The molecule has 0 aliphatic heterocycles. The summed E-state index contributed by atoms with van der Waals surface area (Å²) >= 11 is 5.89. The van der Waals surface area contributed by atoms with Gasteiger partial charge in [-0.3, -0.25) is 0 Å². The Kier molecular flexibility index (Phi) is 3.33. The number of rotatable bonds is 4. The molecule has 1 saturated carbocycles. The second kappa shape index (κ2) is 4.58. The van der Waals surface area contributed by atoms with Crippen molar-refractivity contribution in [2.75, 3.05) is 11.9 Å². The molecule has 0 bridgehead atoms. The van der Waals surface area contributed by atoms with E-state index in [1.165, 1.54) is 25.7 Å². The molecule has 1 aliphatic carbocycles. The van der Waals surface area contributed by atoms with Crippen molar-refractivity contribution in [3.8, 4) is 0 Å². The Morgan fingerprint density at radius 3 is 2.69 bits per heavy atom. The Hall–Kier alpha value is -0.830. The van der Waals surface area contributed by atoms with E-state index in [0.717, 1.165) is 12.4 Å². The third kappa shape index (κ3) is 2.46. The lowest BCUT2D eigenvalue weighted by Gasteiger charge is -2.41. The van der Waals surface area contributed by atoms with Gasteiger partial charge >= 0.3 is 0 Å². The van der Waals surface area contributed by atoms with Gasteiger partial charge in [0.1, 0.15) is 16.8 Å². The van der Waals surface area contributed by atoms with Crippen molar-refractivity contribution in [1.82, 2.24) is 9.97 Å². The fourth-order valence-electron chi connectivity index (χ4n) is 2.23. The lowest BCUT2D eigenvalue weighted by atomic mass is 9.67. The highest BCUT2D eigenvalue weighted by atomic mass is 35.5. The molecule has 4 heteroatoms. The van der Waals surface area contributed by atoms with E-state index in [0.29, 0.717) is 16.4 Å². The minimum absolute atomic E-state index is 0.491. The van der Waals surface area contributed by atoms with Gasteiger partial charge in [0, 0.05) is 12.6 Å². The molecule has 2 rings (SSSR count). The maximum Gasteiger partial charge on any atom is 0.134 e. The number of nitrogens with one attached hydrogen (secondary N) is 1. The minimum atomic E-state index is 0.491. The molecule has 1 aliphatic rings. The normalized spacial score (nSPS) is 17.9. The quantitative estimate of drug-likeness (QED) is 0.818. The first-order valence-electron chi connectivity index (χ1n) is 5.89. The Bertz CT molecular complexity index is 349. The Balaban J connectivity index is 1.98. The average molecular weight is 240 g/mol. The summed E-state index contributed by atoms with van der Waals surface area (Å²) < 4.78 is 0. The molecule has 16 heavy (non-hydrogen) atoms. The third-order valence-electron chi connectivity index (χ3n) is 3.62. The molecule has 0 unspecified atom stereocenters. The molecule has 0 spiro atoms. The molecule has 1 aromatic heterocycles. The molecular weight excluding hydrogens is 222 g/mol. The van der Waals surface area contributed by atoms with Crippen LogP contribution in [0.25, 0.3) is 0 Å². The van der Waals surface area contributed by atoms with Gasteiger partial charge in [0.15, 0.2) is 0 Å². The van der Waals surface area contributed by atoms with Crippen molar-refractivity contribution in [2.24, 2.45) is 5.41 Å². The number of aryl methyl sites for hydroxylation is 1. The molecule has 0 saturated heterocycles. The highest BCUT2D eigenvalue weighted by Gasteiger charge is 2.34. The smallest absolute Gasteiger partial charge is 0.134 e. The third-order valence-corrected chi connectivity index (χ3v) is 3.81. The summed E-state index contributed by atoms with van der Waals surface area (Å²) in [6, 6.07) is 1.79. The van der Waals surface area contributed by atoms with Gasteiger partial charge in [-0.1, -0.05) is 24.9 Å². The van der Waals surface area contributed by atoms with E-state index in [-0.39, 0.29) is 0 Å². The molecular formula is C12H18ClN3. The highest BCUT2D eigenvalue weighted by Crippen LogP contribution is 2.43. The van der Waals surface area contributed by atoms with Crippen LogP contribution >= 0.6 is 11.6 Å². The van der Waals surface area contributed by atoms with Gasteiger partial charge in [0.2, 0.25) is 0 Å². The van der Waals surface area contributed by atoms with Gasteiger partial charge in [0.25, 0.3) is 0 Å². The summed E-state index contributed by atoms with van der Waals surface area (Å²) in [4.78, 5) is 8.37. The van der Waals surface area contributed by atoms with Crippen LogP contribution in [0.2, 0.25) is 5.15 Å². The fraction of sp³-hybridized carbons (Fsp3) is 0.667. The summed E-state index contributed by atoms with van der Waals surface area (Å²) in [7, 11) is 0.